The Bertz CT molecular complexity index is 1260. The highest BCUT2D eigenvalue weighted by Crippen LogP contribution is 2.30. The van der Waals surface area contributed by atoms with Crippen LogP contribution in [-0.4, -0.2) is 25.8 Å². The molecule has 0 fully saturated rings. The van der Waals surface area contributed by atoms with Crippen molar-refractivity contribution in [2.24, 2.45) is 0 Å². The Morgan fingerprint density at radius 1 is 1.03 bits per heavy atom. The van der Waals surface area contributed by atoms with Crippen molar-refractivity contribution in [1.82, 2.24) is 0 Å². The van der Waals surface area contributed by atoms with Gasteiger partial charge >= 0.3 is 0 Å². The number of amides is 1. The van der Waals surface area contributed by atoms with Gasteiger partial charge in [-0.05, 0) is 49.2 Å². The zero-order chi connectivity index (χ0) is 23.5. The van der Waals surface area contributed by atoms with Gasteiger partial charge < -0.3 is 5.32 Å². The molecule has 10 heteroatoms. The molecule has 0 unspecified atom stereocenters. The minimum Gasteiger partial charge on any atom is -0.324 e. The Hall–Kier alpha value is -3.43. The molecular formula is C22H20ClN3O5S. The number of aryl methyl sites for hydroxylation is 2. The zero-order valence-electron chi connectivity index (χ0n) is 17.3. The Kier molecular flexibility index (Phi) is 6.81. The molecule has 3 rings (SSSR count). The zero-order valence-corrected chi connectivity index (χ0v) is 18.9. The molecule has 0 saturated carbocycles. The minimum absolute atomic E-state index is 0.187. The number of hydrogen-bond donors (Lipinski definition) is 1. The summed E-state index contributed by atoms with van der Waals surface area (Å²) < 4.78 is 27.7. The van der Waals surface area contributed by atoms with Crippen LogP contribution in [0.25, 0.3) is 0 Å². The minimum atomic E-state index is -4.33. The first-order valence-electron chi connectivity index (χ1n) is 9.49. The number of para-hydroxylation sites is 2. The number of nitro benzene ring substituents is 1. The quantitative estimate of drug-likeness (QED) is 0.395. The van der Waals surface area contributed by atoms with Crippen molar-refractivity contribution >= 4 is 44.6 Å². The van der Waals surface area contributed by atoms with Crippen LogP contribution in [0.4, 0.5) is 17.1 Å². The maximum absolute atomic E-state index is 13.4. The summed E-state index contributed by atoms with van der Waals surface area (Å²) >= 11 is 5.83. The molecule has 1 N–H and O–H groups in total. The van der Waals surface area contributed by atoms with E-state index >= 15 is 0 Å². The van der Waals surface area contributed by atoms with E-state index in [1.807, 2.05) is 32.0 Å². The van der Waals surface area contributed by atoms with Crippen LogP contribution in [-0.2, 0) is 14.8 Å². The second kappa shape index (κ2) is 9.37. The van der Waals surface area contributed by atoms with E-state index in [1.165, 1.54) is 18.2 Å². The van der Waals surface area contributed by atoms with E-state index in [-0.39, 0.29) is 15.6 Å². The first kappa shape index (κ1) is 23.2. The molecule has 0 bridgehead atoms. The number of benzene rings is 3. The maximum atomic E-state index is 13.4. The average Bonchev–Trinajstić information content (AvgIpc) is 2.75. The van der Waals surface area contributed by atoms with Gasteiger partial charge in [0.1, 0.15) is 11.6 Å². The summed E-state index contributed by atoms with van der Waals surface area (Å²) in [6.07, 6.45) is 0. The molecule has 0 aromatic heterocycles. The maximum Gasteiger partial charge on any atom is 0.289 e. The molecular weight excluding hydrogens is 454 g/mol. The van der Waals surface area contributed by atoms with Crippen LogP contribution in [0.5, 0.6) is 0 Å². The number of nitro groups is 1. The van der Waals surface area contributed by atoms with Gasteiger partial charge in [-0.1, -0.05) is 48.0 Å². The highest BCUT2D eigenvalue weighted by molar-refractivity contribution is 7.92. The Morgan fingerprint density at radius 2 is 1.66 bits per heavy atom. The third kappa shape index (κ3) is 4.90. The number of anilines is 2. The summed E-state index contributed by atoms with van der Waals surface area (Å²) in [5.74, 6) is -0.557. The largest absolute Gasteiger partial charge is 0.324 e. The fourth-order valence-electron chi connectivity index (χ4n) is 3.15. The lowest BCUT2D eigenvalue weighted by molar-refractivity contribution is -0.384. The Balaban J connectivity index is 2.01. The standard InChI is InChI=1S/C22H20ClN3O5S/c1-15-7-6-8-16(2)22(15)24-21(27)14-25(17-9-4-3-5-10-17)32(30,31)18-11-12-19(23)20(13-18)26(28)29/h3-13H,14H2,1-2H3,(H,24,27). The first-order valence-corrected chi connectivity index (χ1v) is 11.3. The summed E-state index contributed by atoms with van der Waals surface area (Å²) in [7, 11) is -4.33. The van der Waals surface area contributed by atoms with Crippen molar-refractivity contribution in [2.45, 2.75) is 18.7 Å². The average molecular weight is 474 g/mol. The molecule has 3 aromatic carbocycles. The van der Waals surface area contributed by atoms with E-state index in [0.29, 0.717) is 5.69 Å². The van der Waals surface area contributed by atoms with Crippen LogP contribution in [0.15, 0.2) is 71.6 Å². The number of rotatable bonds is 7. The Morgan fingerprint density at radius 3 is 2.25 bits per heavy atom. The van der Waals surface area contributed by atoms with Crippen molar-refractivity contribution in [1.29, 1.82) is 0 Å². The molecule has 8 nitrogen and oxygen atoms in total. The van der Waals surface area contributed by atoms with Crippen molar-refractivity contribution in [2.75, 3.05) is 16.2 Å². The summed E-state index contributed by atoms with van der Waals surface area (Å²) in [6.45, 7) is 3.14. The van der Waals surface area contributed by atoms with Gasteiger partial charge in [0.15, 0.2) is 0 Å². The molecule has 166 valence electrons. The third-order valence-electron chi connectivity index (χ3n) is 4.78. The molecule has 32 heavy (non-hydrogen) atoms. The molecule has 0 atom stereocenters. The van der Waals surface area contributed by atoms with E-state index in [9.17, 15) is 23.3 Å². The Labute approximate surface area is 190 Å². The van der Waals surface area contributed by atoms with Gasteiger partial charge in [0.25, 0.3) is 15.7 Å². The monoisotopic (exact) mass is 473 g/mol. The molecule has 0 aliphatic heterocycles. The van der Waals surface area contributed by atoms with Crippen LogP contribution >= 0.6 is 11.6 Å². The number of halogens is 1. The highest BCUT2D eigenvalue weighted by Gasteiger charge is 2.29. The van der Waals surface area contributed by atoms with Gasteiger partial charge in [0.2, 0.25) is 5.91 Å². The van der Waals surface area contributed by atoms with Crippen molar-refractivity contribution in [3.8, 4) is 0 Å². The van der Waals surface area contributed by atoms with Crippen LogP contribution in [0, 0.1) is 24.0 Å². The fraction of sp³-hybridized carbons (Fsp3) is 0.136. The molecule has 1 amide bonds. The molecule has 0 radical (unpaired) electrons. The number of carbonyl (C=O) groups excluding carboxylic acids is 1. The molecule has 0 heterocycles. The van der Waals surface area contributed by atoms with Crippen molar-refractivity contribution < 1.29 is 18.1 Å². The molecule has 0 spiro atoms. The van der Waals surface area contributed by atoms with Crippen molar-refractivity contribution in [3.63, 3.8) is 0 Å². The topological polar surface area (TPSA) is 110 Å². The third-order valence-corrected chi connectivity index (χ3v) is 6.87. The van der Waals surface area contributed by atoms with Crippen molar-refractivity contribution in [3.05, 3.63) is 93.0 Å². The number of sulfonamides is 1. The lowest BCUT2D eigenvalue weighted by atomic mass is 10.1. The van der Waals surface area contributed by atoms with Crippen LogP contribution in [0.1, 0.15) is 11.1 Å². The van der Waals surface area contributed by atoms with Gasteiger partial charge in [0, 0.05) is 11.8 Å². The highest BCUT2D eigenvalue weighted by atomic mass is 35.5. The van der Waals surface area contributed by atoms with E-state index in [1.54, 1.807) is 18.2 Å². The van der Waals surface area contributed by atoms with Crippen LogP contribution in [0.3, 0.4) is 0 Å². The van der Waals surface area contributed by atoms with Gasteiger partial charge in [0.05, 0.1) is 15.5 Å². The summed E-state index contributed by atoms with van der Waals surface area (Å²) in [5.41, 5.74) is 1.97. The summed E-state index contributed by atoms with van der Waals surface area (Å²) in [4.78, 5) is 23.0. The molecule has 0 saturated heterocycles. The molecule has 0 aliphatic carbocycles. The van der Waals surface area contributed by atoms with Gasteiger partial charge in [-0.15, -0.1) is 0 Å². The number of hydrogen-bond acceptors (Lipinski definition) is 5. The lowest BCUT2D eigenvalue weighted by Crippen LogP contribution is -2.38. The first-order chi connectivity index (χ1) is 15.1. The summed E-state index contributed by atoms with van der Waals surface area (Å²) in [6, 6.07) is 16.8. The van der Waals surface area contributed by atoms with Gasteiger partial charge in [-0.2, -0.15) is 0 Å². The SMILES string of the molecule is Cc1cccc(C)c1NC(=O)CN(c1ccccc1)S(=O)(=O)c1ccc(Cl)c([N+](=O)[O-])c1. The van der Waals surface area contributed by atoms with E-state index in [4.69, 9.17) is 11.6 Å². The lowest BCUT2D eigenvalue weighted by Gasteiger charge is -2.24. The number of nitrogens with zero attached hydrogens (tertiary/aromatic N) is 2. The second-order valence-electron chi connectivity index (χ2n) is 7.03. The molecule has 0 aliphatic rings. The van der Waals surface area contributed by atoms with Crippen LogP contribution in [0.2, 0.25) is 5.02 Å². The number of carbonyl (C=O) groups is 1. The normalized spacial score (nSPS) is 11.1. The van der Waals surface area contributed by atoms with Gasteiger partial charge in [-0.25, -0.2) is 8.42 Å². The molecule has 3 aromatic rings. The van der Waals surface area contributed by atoms with E-state index < -0.39 is 33.1 Å². The summed E-state index contributed by atoms with van der Waals surface area (Å²) in [5, 5.41) is 13.8. The van der Waals surface area contributed by atoms with E-state index in [0.717, 1.165) is 27.6 Å². The predicted octanol–water partition coefficient (Wildman–Crippen LogP) is 4.70. The predicted molar refractivity (Wildman–Crippen MR) is 124 cm³/mol. The van der Waals surface area contributed by atoms with E-state index in [2.05, 4.69) is 5.32 Å². The second-order valence-corrected chi connectivity index (χ2v) is 9.30. The van der Waals surface area contributed by atoms with Crippen LogP contribution < -0.4 is 9.62 Å². The number of nitrogens with one attached hydrogen (secondary N) is 1. The smallest absolute Gasteiger partial charge is 0.289 e. The fourth-order valence-corrected chi connectivity index (χ4v) is 4.78. The van der Waals surface area contributed by atoms with Gasteiger partial charge in [-0.3, -0.25) is 19.2 Å².